The van der Waals surface area contributed by atoms with Gasteiger partial charge in [-0.05, 0) is 24.6 Å². The van der Waals surface area contributed by atoms with E-state index in [1.54, 1.807) is 49.4 Å². The number of carbonyl (C=O) groups is 1. The minimum Gasteiger partial charge on any atom is -0.493 e. The second-order valence-corrected chi connectivity index (χ2v) is 7.30. The number of rotatable bonds is 8. The summed E-state index contributed by atoms with van der Waals surface area (Å²) in [5.74, 6) is -0.808. The van der Waals surface area contributed by atoms with Gasteiger partial charge in [0.05, 0.1) is 30.2 Å². The van der Waals surface area contributed by atoms with Gasteiger partial charge >= 0.3 is 5.97 Å². The number of methoxy groups -OCH3 is 1. The Morgan fingerprint density at radius 3 is 2.67 bits per heavy atom. The molecular weight excluding hydrogens is 444 g/mol. The van der Waals surface area contributed by atoms with Gasteiger partial charge in [-0.3, -0.25) is 0 Å². The summed E-state index contributed by atoms with van der Waals surface area (Å²) in [4.78, 5) is 13.1. The van der Waals surface area contributed by atoms with Crippen molar-refractivity contribution in [3.05, 3.63) is 88.3 Å². The summed E-state index contributed by atoms with van der Waals surface area (Å²) in [6.45, 7) is 5.68. The van der Waals surface area contributed by atoms with Crippen LogP contribution < -0.4 is 15.2 Å². The Hall–Kier alpha value is -3.89. The molecule has 1 heterocycles. The quantitative estimate of drug-likeness (QED) is 0.444. The van der Waals surface area contributed by atoms with Crippen LogP contribution in [0.15, 0.2) is 72.1 Å². The molecule has 1 aliphatic rings. The maximum absolute atomic E-state index is 13.1. The van der Waals surface area contributed by atoms with Crippen molar-refractivity contribution in [2.45, 2.75) is 12.8 Å². The minimum atomic E-state index is -0.905. The lowest BCUT2D eigenvalue weighted by atomic mass is 9.82. The Morgan fingerprint density at radius 2 is 2.06 bits per heavy atom. The first-order valence-corrected chi connectivity index (χ1v) is 10.5. The van der Waals surface area contributed by atoms with E-state index >= 15 is 0 Å². The van der Waals surface area contributed by atoms with E-state index in [0.29, 0.717) is 22.6 Å². The third-order valence-corrected chi connectivity index (χ3v) is 5.16. The molecule has 170 valence electrons. The van der Waals surface area contributed by atoms with E-state index in [9.17, 15) is 10.1 Å². The minimum absolute atomic E-state index is 0.0515. The van der Waals surface area contributed by atoms with Gasteiger partial charge in [0, 0.05) is 5.56 Å². The fourth-order valence-corrected chi connectivity index (χ4v) is 3.78. The molecule has 0 saturated heterocycles. The van der Waals surface area contributed by atoms with Gasteiger partial charge in [0.25, 0.3) is 0 Å². The van der Waals surface area contributed by atoms with Gasteiger partial charge in [0.1, 0.15) is 24.0 Å². The second kappa shape index (κ2) is 10.6. The molecule has 0 saturated carbocycles. The summed E-state index contributed by atoms with van der Waals surface area (Å²) >= 11 is 6.50. The first-order chi connectivity index (χ1) is 16.0. The van der Waals surface area contributed by atoms with Crippen molar-refractivity contribution in [1.82, 2.24) is 0 Å². The molecule has 8 heteroatoms. The number of nitrogens with zero attached hydrogens (tertiary/aromatic N) is 1. The van der Waals surface area contributed by atoms with E-state index < -0.39 is 11.9 Å². The Balaban J connectivity index is 2.29. The number of allylic oxidation sites excluding steroid dienone is 1. The smallest absolute Gasteiger partial charge is 0.338 e. The Bertz CT molecular complexity index is 1170. The van der Waals surface area contributed by atoms with Gasteiger partial charge < -0.3 is 24.7 Å². The summed E-state index contributed by atoms with van der Waals surface area (Å²) in [6.07, 6.45) is 1.58. The molecule has 7 nitrogen and oxygen atoms in total. The van der Waals surface area contributed by atoms with Crippen molar-refractivity contribution in [1.29, 1.82) is 5.26 Å². The standard InChI is InChI=1S/C25H23ClN2O5/c1-4-11-32-23-18(26)12-16(13-19(23)30-3)20-17(14-27)24(28)33-22(15-9-7-6-8-10-15)21(20)25(29)31-5-2/h4,6-10,12-13,20H,1,5,11,28H2,2-3H3. The molecule has 2 aromatic rings. The number of halogens is 1. The zero-order valence-electron chi connectivity index (χ0n) is 18.3. The molecule has 0 spiro atoms. The van der Waals surface area contributed by atoms with Crippen molar-refractivity contribution >= 4 is 23.3 Å². The molecule has 0 radical (unpaired) electrons. The molecule has 1 aliphatic heterocycles. The van der Waals surface area contributed by atoms with E-state index in [1.807, 2.05) is 6.07 Å². The summed E-state index contributed by atoms with van der Waals surface area (Å²) < 4.78 is 22.2. The largest absolute Gasteiger partial charge is 0.493 e. The van der Waals surface area contributed by atoms with Gasteiger partial charge in [0.15, 0.2) is 11.5 Å². The summed E-state index contributed by atoms with van der Waals surface area (Å²) in [7, 11) is 1.47. The molecule has 1 unspecified atom stereocenters. The molecule has 0 bridgehead atoms. The molecule has 0 aliphatic carbocycles. The molecule has 2 N–H and O–H groups in total. The highest BCUT2D eigenvalue weighted by Crippen LogP contribution is 2.46. The van der Waals surface area contributed by atoms with Crippen LogP contribution >= 0.6 is 11.6 Å². The Labute approximate surface area is 197 Å². The zero-order valence-corrected chi connectivity index (χ0v) is 19.0. The van der Waals surface area contributed by atoms with Crippen molar-refractivity contribution in [2.75, 3.05) is 20.3 Å². The Morgan fingerprint density at radius 1 is 1.33 bits per heavy atom. The average Bonchev–Trinajstić information content (AvgIpc) is 2.82. The fraction of sp³-hybridized carbons (Fsp3) is 0.200. The van der Waals surface area contributed by atoms with Gasteiger partial charge in [-0.15, -0.1) is 0 Å². The van der Waals surface area contributed by atoms with Crippen molar-refractivity contribution in [3.63, 3.8) is 0 Å². The van der Waals surface area contributed by atoms with Crippen LogP contribution in [0.5, 0.6) is 11.5 Å². The molecule has 0 amide bonds. The van der Waals surface area contributed by atoms with Crippen LogP contribution in [0, 0.1) is 11.3 Å². The lowest BCUT2D eigenvalue weighted by Crippen LogP contribution is -2.26. The van der Waals surface area contributed by atoms with Crippen molar-refractivity contribution in [3.8, 4) is 17.6 Å². The van der Waals surface area contributed by atoms with Crippen molar-refractivity contribution < 1.29 is 23.7 Å². The molecule has 2 aromatic carbocycles. The monoisotopic (exact) mass is 466 g/mol. The van der Waals surface area contributed by atoms with Gasteiger partial charge in [-0.1, -0.05) is 54.6 Å². The van der Waals surface area contributed by atoms with Crippen LogP contribution in [0.1, 0.15) is 24.0 Å². The summed E-state index contributed by atoms with van der Waals surface area (Å²) in [5, 5.41) is 10.1. The fourth-order valence-electron chi connectivity index (χ4n) is 3.50. The first kappa shape index (κ1) is 23.8. The maximum Gasteiger partial charge on any atom is 0.338 e. The average molecular weight is 467 g/mol. The van der Waals surface area contributed by atoms with Crippen LogP contribution in [0.4, 0.5) is 0 Å². The first-order valence-electron chi connectivity index (χ1n) is 10.1. The van der Waals surface area contributed by atoms with E-state index in [2.05, 4.69) is 12.6 Å². The molecule has 0 aromatic heterocycles. The van der Waals surface area contributed by atoms with Crippen LogP contribution in [-0.4, -0.2) is 26.3 Å². The predicted octanol–water partition coefficient (Wildman–Crippen LogP) is 4.70. The number of nitrogens with two attached hydrogens (primary N) is 1. The molecule has 0 fully saturated rings. The third kappa shape index (κ3) is 4.81. The predicted molar refractivity (Wildman–Crippen MR) is 124 cm³/mol. The summed E-state index contributed by atoms with van der Waals surface area (Å²) in [6, 6.07) is 14.3. The zero-order chi connectivity index (χ0) is 24.0. The highest BCUT2D eigenvalue weighted by molar-refractivity contribution is 6.32. The number of nitriles is 1. The molecule has 33 heavy (non-hydrogen) atoms. The highest BCUT2D eigenvalue weighted by atomic mass is 35.5. The SMILES string of the molecule is C=CCOc1c(Cl)cc(C2C(C#N)=C(N)OC(c3ccccc3)=C2C(=O)OCC)cc1OC. The number of benzene rings is 2. The topological polar surface area (TPSA) is 104 Å². The van der Waals surface area contributed by atoms with Crippen LogP contribution in [0.3, 0.4) is 0 Å². The van der Waals surface area contributed by atoms with E-state index in [1.165, 1.54) is 7.11 Å². The number of carbonyl (C=O) groups excluding carboxylic acids is 1. The van der Waals surface area contributed by atoms with Crippen LogP contribution in [0.25, 0.3) is 5.76 Å². The number of hydrogen-bond acceptors (Lipinski definition) is 7. The maximum atomic E-state index is 13.1. The van der Waals surface area contributed by atoms with Gasteiger partial charge in [-0.25, -0.2) is 4.79 Å². The Kier molecular flexibility index (Phi) is 7.65. The number of hydrogen-bond donors (Lipinski definition) is 1. The molecule has 1 atom stereocenters. The van der Waals surface area contributed by atoms with Crippen LogP contribution in [-0.2, 0) is 14.3 Å². The number of esters is 1. The van der Waals surface area contributed by atoms with Gasteiger partial charge in [0.2, 0.25) is 5.88 Å². The lowest BCUT2D eigenvalue weighted by Gasteiger charge is -2.28. The second-order valence-electron chi connectivity index (χ2n) is 6.89. The van der Waals surface area contributed by atoms with E-state index in [0.717, 1.165) is 0 Å². The molecule has 3 rings (SSSR count). The van der Waals surface area contributed by atoms with E-state index in [4.69, 9.17) is 36.3 Å². The summed E-state index contributed by atoms with van der Waals surface area (Å²) in [5.41, 5.74) is 7.41. The van der Waals surface area contributed by atoms with Crippen molar-refractivity contribution in [2.24, 2.45) is 5.73 Å². The molecular formula is C25H23ClN2O5. The third-order valence-electron chi connectivity index (χ3n) is 4.88. The van der Waals surface area contributed by atoms with Gasteiger partial charge in [-0.2, -0.15) is 5.26 Å². The lowest BCUT2D eigenvalue weighted by molar-refractivity contribution is -0.138. The normalized spacial score (nSPS) is 15.4. The van der Waals surface area contributed by atoms with Crippen LogP contribution in [0.2, 0.25) is 5.02 Å². The van der Waals surface area contributed by atoms with E-state index in [-0.39, 0.29) is 41.0 Å². The number of ether oxygens (including phenoxy) is 4. The highest BCUT2D eigenvalue weighted by Gasteiger charge is 2.39.